The van der Waals surface area contributed by atoms with Gasteiger partial charge in [-0.1, -0.05) is 42.5 Å². The highest BCUT2D eigenvalue weighted by Crippen LogP contribution is 2.38. The van der Waals surface area contributed by atoms with Gasteiger partial charge in [-0.3, -0.25) is 9.59 Å². The topological polar surface area (TPSA) is 116 Å². The smallest absolute Gasteiger partial charge is 0.261 e. The number of amides is 1. The Kier molecular flexibility index (Phi) is 7.63. The molecule has 8 nitrogen and oxygen atoms in total. The molecule has 0 spiro atoms. The van der Waals surface area contributed by atoms with Gasteiger partial charge in [0.15, 0.2) is 0 Å². The van der Waals surface area contributed by atoms with Gasteiger partial charge < -0.3 is 20.1 Å². The van der Waals surface area contributed by atoms with Gasteiger partial charge in [-0.15, -0.1) is 0 Å². The molecule has 5 rings (SSSR count). The van der Waals surface area contributed by atoms with Gasteiger partial charge in [0.05, 0.1) is 24.8 Å². The second-order valence-corrected chi connectivity index (χ2v) is 11.4. The molecule has 2 aliphatic heterocycles. The normalized spacial score (nSPS) is 15.9. The number of methoxy groups -OCH3 is 2. The van der Waals surface area contributed by atoms with Crippen molar-refractivity contribution >= 4 is 21.5 Å². The number of carbonyl (C=O) groups is 2. The minimum atomic E-state index is -4.24. The van der Waals surface area contributed by atoms with Crippen LogP contribution in [0.2, 0.25) is 0 Å². The number of primary amides is 1. The van der Waals surface area contributed by atoms with Gasteiger partial charge in [-0.05, 0) is 59.7 Å². The number of carbonyl (C=O) groups excluding carboxylic acids is 2. The number of fused-ring (bicyclic) bond motifs is 1. The van der Waals surface area contributed by atoms with Gasteiger partial charge >= 0.3 is 0 Å². The maximum atomic E-state index is 13.9. The molecule has 0 fully saturated rings. The first-order chi connectivity index (χ1) is 19.7. The summed E-state index contributed by atoms with van der Waals surface area (Å²) in [5.41, 5.74) is 9.08. The highest BCUT2D eigenvalue weighted by Gasteiger charge is 2.37. The molecule has 9 heteroatoms. The number of nitrogens with zero attached hydrogens (tertiary/aromatic N) is 1. The number of ketones is 1. The van der Waals surface area contributed by atoms with E-state index in [9.17, 15) is 18.0 Å². The molecule has 0 radical (unpaired) electrons. The van der Waals surface area contributed by atoms with E-state index in [-0.39, 0.29) is 21.9 Å². The van der Waals surface area contributed by atoms with Crippen LogP contribution in [0.1, 0.15) is 11.1 Å². The monoisotopic (exact) mass is 568 g/mol. The fourth-order valence-electron chi connectivity index (χ4n) is 4.89. The summed E-state index contributed by atoms with van der Waals surface area (Å²) < 4.78 is 37.4. The second-order valence-electron chi connectivity index (χ2n) is 9.48. The Morgan fingerprint density at radius 2 is 1.39 bits per heavy atom. The van der Waals surface area contributed by atoms with Crippen molar-refractivity contribution in [3.63, 3.8) is 0 Å². The lowest BCUT2D eigenvalue weighted by Gasteiger charge is -2.23. The Labute approximate surface area is 238 Å². The molecule has 208 valence electrons. The fourth-order valence-corrected chi connectivity index (χ4v) is 6.34. The van der Waals surface area contributed by atoms with E-state index in [4.69, 9.17) is 15.2 Å². The van der Waals surface area contributed by atoms with Gasteiger partial charge in [0.1, 0.15) is 16.4 Å². The molecule has 3 aromatic carbocycles. The number of Topliss-reactive ketones (excluding diaryl/α,β-unsaturated/α-hetero) is 1. The number of hydrogen-bond acceptors (Lipinski definition) is 7. The Hall–Kier alpha value is -4.89. The number of allylic oxidation sites excluding steroid dienone is 5. The largest absolute Gasteiger partial charge is 0.497 e. The van der Waals surface area contributed by atoms with Crippen LogP contribution < -0.4 is 15.2 Å². The highest BCUT2D eigenvalue weighted by atomic mass is 32.2. The lowest BCUT2D eigenvalue weighted by molar-refractivity contribution is -0.114. The van der Waals surface area contributed by atoms with Gasteiger partial charge in [0, 0.05) is 35.9 Å². The molecule has 0 bridgehead atoms. The van der Waals surface area contributed by atoms with E-state index >= 15 is 0 Å². The Morgan fingerprint density at radius 3 is 1.93 bits per heavy atom. The first-order valence-electron chi connectivity index (χ1n) is 12.8. The molecule has 2 heterocycles. The second kappa shape index (κ2) is 11.3. The minimum Gasteiger partial charge on any atom is -0.497 e. The van der Waals surface area contributed by atoms with Crippen LogP contribution in [0.3, 0.4) is 0 Å². The summed E-state index contributed by atoms with van der Waals surface area (Å²) >= 11 is 0. The van der Waals surface area contributed by atoms with Gasteiger partial charge in [-0.2, -0.15) is 0 Å². The van der Waals surface area contributed by atoms with Gasteiger partial charge in [0.25, 0.3) is 5.91 Å². The van der Waals surface area contributed by atoms with Crippen LogP contribution >= 0.6 is 0 Å². The first-order valence-corrected chi connectivity index (χ1v) is 14.3. The average Bonchev–Trinajstić information content (AvgIpc) is 3.23. The molecule has 2 aliphatic rings. The first kappa shape index (κ1) is 27.7. The van der Waals surface area contributed by atoms with E-state index in [2.05, 4.69) is 0 Å². The molecule has 0 saturated carbocycles. The van der Waals surface area contributed by atoms with Crippen molar-refractivity contribution < 1.29 is 27.5 Å². The summed E-state index contributed by atoms with van der Waals surface area (Å²) in [7, 11) is -1.06. The summed E-state index contributed by atoms with van der Waals surface area (Å²) in [4.78, 5) is 27.5. The fraction of sp³-hybridized carbons (Fsp3) is 0.125. The van der Waals surface area contributed by atoms with E-state index in [1.54, 1.807) is 43.5 Å². The SMILES string of the molecule is COc1ccc(CC2=C(Cc3ccc(OC)cc3)N3C=CC(=C(C(N)=O)S(=O)(=O)c4ccccc4)C=C3C2=O)cc1. The van der Waals surface area contributed by atoms with Crippen molar-refractivity contribution in [1.29, 1.82) is 0 Å². The van der Waals surface area contributed by atoms with Crippen molar-refractivity contribution in [2.24, 2.45) is 5.73 Å². The molecular formula is C32H28N2O6S. The summed E-state index contributed by atoms with van der Waals surface area (Å²) in [5, 5.41) is 0. The van der Waals surface area contributed by atoms with E-state index in [1.165, 1.54) is 24.3 Å². The van der Waals surface area contributed by atoms with Crippen LogP contribution in [-0.4, -0.2) is 39.2 Å². The van der Waals surface area contributed by atoms with Crippen LogP contribution in [-0.2, 0) is 32.3 Å². The average molecular weight is 569 g/mol. The molecule has 0 unspecified atom stereocenters. The number of sulfone groups is 1. The Balaban J connectivity index is 1.59. The summed E-state index contributed by atoms with van der Waals surface area (Å²) in [5.74, 6) is 0.0622. The van der Waals surface area contributed by atoms with Crippen LogP contribution in [0.15, 0.2) is 130 Å². The van der Waals surface area contributed by atoms with Crippen molar-refractivity contribution in [3.8, 4) is 11.5 Å². The summed E-state index contributed by atoms with van der Waals surface area (Å²) in [6.07, 6.45) is 5.33. The zero-order chi connectivity index (χ0) is 29.1. The quantitative estimate of drug-likeness (QED) is 0.384. The highest BCUT2D eigenvalue weighted by molar-refractivity contribution is 7.96. The summed E-state index contributed by atoms with van der Waals surface area (Å²) in [6.45, 7) is 0. The molecule has 0 aromatic heterocycles. The van der Waals surface area contributed by atoms with Crippen molar-refractivity contribution in [1.82, 2.24) is 4.90 Å². The maximum absolute atomic E-state index is 13.9. The van der Waals surface area contributed by atoms with Crippen molar-refractivity contribution in [2.75, 3.05) is 14.2 Å². The lowest BCUT2D eigenvalue weighted by atomic mass is 9.98. The third-order valence-corrected chi connectivity index (χ3v) is 8.85. The number of ether oxygens (including phenoxy) is 2. The third kappa shape index (κ3) is 5.44. The van der Waals surface area contributed by atoms with Crippen LogP contribution in [0.5, 0.6) is 11.5 Å². The van der Waals surface area contributed by atoms with E-state index < -0.39 is 20.6 Å². The van der Waals surface area contributed by atoms with Crippen LogP contribution in [0.25, 0.3) is 0 Å². The predicted molar refractivity (Wildman–Crippen MR) is 154 cm³/mol. The zero-order valence-electron chi connectivity index (χ0n) is 22.5. The number of hydrogen-bond donors (Lipinski definition) is 1. The molecule has 41 heavy (non-hydrogen) atoms. The van der Waals surface area contributed by atoms with E-state index in [1.807, 2.05) is 48.5 Å². The molecule has 0 saturated heterocycles. The lowest BCUT2D eigenvalue weighted by Crippen LogP contribution is -2.24. The van der Waals surface area contributed by atoms with E-state index in [0.717, 1.165) is 22.6 Å². The molecule has 1 amide bonds. The van der Waals surface area contributed by atoms with Gasteiger partial charge in [0.2, 0.25) is 15.6 Å². The third-order valence-electron chi connectivity index (χ3n) is 6.98. The Bertz CT molecular complexity index is 1730. The molecular weight excluding hydrogens is 540 g/mol. The number of nitrogens with two attached hydrogens (primary N) is 1. The zero-order valence-corrected chi connectivity index (χ0v) is 23.4. The maximum Gasteiger partial charge on any atom is 0.261 e. The van der Waals surface area contributed by atoms with Crippen LogP contribution in [0, 0.1) is 0 Å². The minimum absolute atomic E-state index is 0.0513. The Morgan fingerprint density at radius 1 is 0.829 bits per heavy atom. The predicted octanol–water partition coefficient (Wildman–Crippen LogP) is 4.25. The van der Waals surface area contributed by atoms with Crippen LogP contribution in [0.4, 0.5) is 0 Å². The number of benzene rings is 3. The van der Waals surface area contributed by atoms with Crippen molar-refractivity contribution in [2.45, 2.75) is 17.7 Å². The molecule has 0 atom stereocenters. The molecule has 2 N–H and O–H groups in total. The molecule has 0 aliphatic carbocycles. The number of rotatable bonds is 9. The van der Waals surface area contributed by atoms with E-state index in [0.29, 0.717) is 24.2 Å². The summed E-state index contributed by atoms with van der Waals surface area (Å²) in [6, 6.07) is 22.6. The van der Waals surface area contributed by atoms with Gasteiger partial charge in [-0.25, -0.2) is 8.42 Å². The standard InChI is InChI=1S/C32H28N2O6S/c1-39-24-12-8-21(9-13-24)18-27-28(19-22-10-14-25(40-2)15-11-22)34-17-16-23(20-29(34)30(27)35)31(32(33)36)41(37,38)26-6-4-3-5-7-26/h3-17,20H,18-19H2,1-2H3,(H2,33,36). The van der Waals surface area contributed by atoms with Crippen molar-refractivity contribution in [3.05, 3.63) is 136 Å². The molecule has 3 aromatic rings.